The predicted molar refractivity (Wildman–Crippen MR) is 82.9 cm³/mol. The summed E-state index contributed by atoms with van der Waals surface area (Å²) in [6.45, 7) is 0. The van der Waals surface area contributed by atoms with Gasteiger partial charge in [-0.25, -0.2) is 4.98 Å². The van der Waals surface area contributed by atoms with E-state index in [4.69, 9.17) is 0 Å². The Kier molecular flexibility index (Phi) is 3.52. The van der Waals surface area contributed by atoms with Crippen molar-refractivity contribution in [3.63, 3.8) is 0 Å². The Bertz CT molecular complexity index is 669. The molecule has 0 bridgehead atoms. The number of hydrogen-bond donors (Lipinski definition) is 0. The second kappa shape index (κ2) is 5.63. The predicted octanol–water partition coefficient (Wildman–Crippen LogP) is 4.98. The summed E-state index contributed by atoms with van der Waals surface area (Å²) in [6.07, 6.45) is 6.09. The molecular weight excluding hydrogens is 250 g/mol. The van der Waals surface area contributed by atoms with Crippen LogP contribution >= 0.6 is 11.3 Å². The van der Waals surface area contributed by atoms with E-state index >= 15 is 0 Å². The average molecular weight is 263 g/mol. The first-order valence-corrected chi connectivity index (χ1v) is 6.98. The van der Waals surface area contributed by atoms with Gasteiger partial charge in [-0.2, -0.15) is 0 Å². The summed E-state index contributed by atoms with van der Waals surface area (Å²) in [7, 11) is 0. The number of hydrogen-bond acceptors (Lipinski definition) is 2. The van der Waals surface area contributed by atoms with Gasteiger partial charge in [0.25, 0.3) is 0 Å². The molecule has 0 atom stereocenters. The van der Waals surface area contributed by atoms with Gasteiger partial charge in [0.1, 0.15) is 5.01 Å². The van der Waals surface area contributed by atoms with E-state index in [0.29, 0.717) is 0 Å². The molecule has 0 saturated heterocycles. The zero-order valence-corrected chi connectivity index (χ0v) is 11.2. The number of rotatable bonds is 3. The van der Waals surface area contributed by atoms with E-state index in [0.717, 1.165) is 5.01 Å². The summed E-state index contributed by atoms with van der Waals surface area (Å²) >= 11 is 1.71. The molecule has 0 spiro atoms. The molecule has 0 amide bonds. The Hall–Kier alpha value is -2.19. The molecule has 0 aliphatic carbocycles. The third kappa shape index (κ3) is 2.98. The van der Waals surface area contributed by atoms with E-state index in [1.165, 1.54) is 16.0 Å². The van der Waals surface area contributed by atoms with E-state index in [2.05, 4.69) is 53.5 Å². The van der Waals surface area contributed by atoms with Crippen molar-refractivity contribution in [3.05, 3.63) is 77.4 Å². The van der Waals surface area contributed by atoms with Gasteiger partial charge in [-0.3, -0.25) is 0 Å². The van der Waals surface area contributed by atoms with Crippen LogP contribution in [0.5, 0.6) is 0 Å². The molecule has 92 valence electrons. The van der Waals surface area contributed by atoms with Gasteiger partial charge in [-0.15, -0.1) is 11.3 Å². The molecular formula is C17H13NS. The summed E-state index contributed by atoms with van der Waals surface area (Å²) in [5.41, 5.74) is 2.42. The van der Waals surface area contributed by atoms with Crippen LogP contribution in [0.25, 0.3) is 22.6 Å². The average Bonchev–Trinajstić information content (AvgIpc) is 2.96. The van der Waals surface area contributed by atoms with Crippen LogP contribution in [0.3, 0.4) is 0 Å². The van der Waals surface area contributed by atoms with Crippen molar-refractivity contribution in [2.24, 2.45) is 0 Å². The Labute approximate surface area is 116 Å². The van der Waals surface area contributed by atoms with Crippen molar-refractivity contribution < 1.29 is 0 Å². The zero-order chi connectivity index (χ0) is 12.9. The Morgan fingerprint density at radius 1 is 0.789 bits per heavy atom. The van der Waals surface area contributed by atoms with Gasteiger partial charge in [-0.1, -0.05) is 66.7 Å². The van der Waals surface area contributed by atoms with Crippen LogP contribution in [-0.2, 0) is 0 Å². The zero-order valence-electron chi connectivity index (χ0n) is 10.4. The van der Waals surface area contributed by atoms with Crippen LogP contribution in [0.15, 0.2) is 66.9 Å². The molecule has 2 aromatic carbocycles. The summed E-state index contributed by atoms with van der Waals surface area (Å²) in [5, 5.41) is 1.03. The Balaban J connectivity index is 1.81. The van der Waals surface area contributed by atoms with Crippen molar-refractivity contribution in [2.75, 3.05) is 0 Å². The van der Waals surface area contributed by atoms with Crippen LogP contribution in [-0.4, -0.2) is 4.98 Å². The van der Waals surface area contributed by atoms with Crippen LogP contribution in [0.1, 0.15) is 10.6 Å². The lowest BCUT2D eigenvalue weighted by Crippen LogP contribution is -1.69. The minimum Gasteiger partial charge on any atom is -0.245 e. The molecule has 1 heterocycles. The summed E-state index contributed by atoms with van der Waals surface area (Å²) in [6, 6.07) is 20.6. The first kappa shape index (κ1) is 11.9. The SMILES string of the molecule is C(=C\c1ncc(-c2ccccc2)s1)/c1ccccc1. The second-order valence-electron chi connectivity index (χ2n) is 4.17. The van der Waals surface area contributed by atoms with Crippen molar-refractivity contribution >= 4 is 23.5 Å². The second-order valence-corrected chi connectivity index (χ2v) is 5.24. The maximum absolute atomic E-state index is 4.44. The molecule has 0 saturated carbocycles. The Morgan fingerprint density at radius 2 is 1.47 bits per heavy atom. The Morgan fingerprint density at radius 3 is 2.21 bits per heavy atom. The quantitative estimate of drug-likeness (QED) is 0.649. The lowest BCUT2D eigenvalue weighted by Gasteiger charge is -1.93. The molecule has 0 N–H and O–H groups in total. The molecule has 1 aromatic heterocycles. The molecule has 0 radical (unpaired) electrons. The normalized spacial score (nSPS) is 10.9. The van der Waals surface area contributed by atoms with Crippen LogP contribution in [0.4, 0.5) is 0 Å². The maximum atomic E-state index is 4.44. The third-order valence-electron chi connectivity index (χ3n) is 2.80. The fraction of sp³-hybridized carbons (Fsp3) is 0. The van der Waals surface area contributed by atoms with E-state index in [1.807, 2.05) is 30.5 Å². The molecule has 0 unspecified atom stereocenters. The monoisotopic (exact) mass is 263 g/mol. The van der Waals surface area contributed by atoms with E-state index in [-0.39, 0.29) is 0 Å². The minimum absolute atomic E-state index is 1.03. The van der Waals surface area contributed by atoms with E-state index in [9.17, 15) is 0 Å². The first-order chi connectivity index (χ1) is 9.42. The highest BCUT2D eigenvalue weighted by molar-refractivity contribution is 7.16. The largest absolute Gasteiger partial charge is 0.245 e. The van der Waals surface area contributed by atoms with Gasteiger partial charge >= 0.3 is 0 Å². The van der Waals surface area contributed by atoms with Gasteiger partial charge in [0.15, 0.2) is 0 Å². The topological polar surface area (TPSA) is 12.9 Å². The van der Waals surface area contributed by atoms with Gasteiger partial charge < -0.3 is 0 Å². The molecule has 3 aromatic rings. The van der Waals surface area contributed by atoms with Gasteiger partial charge in [0, 0.05) is 6.20 Å². The van der Waals surface area contributed by atoms with Crippen LogP contribution in [0.2, 0.25) is 0 Å². The lowest BCUT2D eigenvalue weighted by atomic mass is 10.2. The molecule has 0 aliphatic heterocycles. The summed E-state index contributed by atoms with van der Waals surface area (Å²) in [4.78, 5) is 5.64. The fourth-order valence-corrected chi connectivity index (χ4v) is 2.66. The fourth-order valence-electron chi connectivity index (χ4n) is 1.83. The van der Waals surface area contributed by atoms with Crippen molar-refractivity contribution in [1.29, 1.82) is 0 Å². The summed E-state index contributed by atoms with van der Waals surface area (Å²) in [5.74, 6) is 0. The van der Waals surface area contributed by atoms with Gasteiger partial charge in [0.05, 0.1) is 4.88 Å². The van der Waals surface area contributed by atoms with Crippen molar-refractivity contribution in [1.82, 2.24) is 4.98 Å². The van der Waals surface area contributed by atoms with Crippen LogP contribution < -0.4 is 0 Å². The molecule has 3 rings (SSSR count). The van der Waals surface area contributed by atoms with Gasteiger partial charge in [-0.05, 0) is 17.2 Å². The standard InChI is InChI=1S/C17H13NS/c1-3-7-14(8-4-1)11-12-17-18-13-16(19-17)15-9-5-2-6-10-15/h1-13H/b12-11+. The third-order valence-corrected chi connectivity index (χ3v) is 3.81. The highest BCUT2D eigenvalue weighted by Crippen LogP contribution is 2.26. The number of benzene rings is 2. The summed E-state index contributed by atoms with van der Waals surface area (Å²) < 4.78 is 0. The first-order valence-electron chi connectivity index (χ1n) is 6.16. The number of aromatic nitrogens is 1. The van der Waals surface area contributed by atoms with E-state index in [1.54, 1.807) is 11.3 Å². The molecule has 0 fully saturated rings. The number of nitrogens with zero attached hydrogens (tertiary/aromatic N) is 1. The molecule has 1 nitrogen and oxygen atoms in total. The number of thiazole rings is 1. The van der Waals surface area contributed by atoms with Gasteiger partial charge in [0.2, 0.25) is 0 Å². The highest BCUT2D eigenvalue weighted by atomic mass is 32.1. The minimum atomic E-state index is 1.03. The molecule has 2 heteroatoms. The molecule has 19 heavy (non-hydrogen) atoms. The van der Waals surface area contributed by atoms with Crippen molar-refractivity contribution in [3.8, 4) is 10.4 Å². The van der Waals surface area contributed by atoms with E-state index < -0.39 is 0 Å². The smallest absolute Gasteiger partial charge is 0.116 e. The van der Waals surface area contributed by atoms with Crippen molar-refractivity contribution in [2.45, 2.75) is 0 Å². The highest BCUT2D eigenvalue weighted by Gasteiger charge is 2.01. The molecule has 0 aliphatic rings. The lowest BCUT2D eigenvalue weighted by molar-refractivity contribution is 1.39. The van der Waals surface area contributed by atoms with Crippen LogP contribution in [0, 0.1) is 0 Å². The maximum Gasteiger partial charge on any atom is 0.116 e.